The van der Waals surface area contributed by atoms with Gasteiger partial charge in [-0.1, -0.05) is 0 Å². The Labute approximate surface area is 121 Å². The van der Waals surface area contributed by atoms with Crippen molar-refractivity contribution in [2.45, 2.75) is 6.54 Å². The summed E-state index contributed by atoms with van der Waals surface area (Å²) in [7, 11) is 3.70. The Morgan fingerprint density at radius 3 is 2.85 bits per heavy atom. The van der Waals surface area contributed by atoms with Gasteiger partial charge in [0.25, 0.3) is 5.91 Å². The van der Waals surface area contributed by atoms with E-state index in [0.717, 1.165) is 5.56 Å². The average Bonchev–Trinajstić information content (AvgIpc) is 2.46. The molecule has 0 bridgehead atoms. The van der Waals surface area contributed by atoms with Gasteiger partial charge in [0.2, 0.25) is 5.28 Å². The Balaban J connectivity index is 2.10. The molecular weight excluding hydrogens is 278 g/mol. The lowest BCUT2D eigenvalue weighted by atomic mass is 10.2. The summed E-state index contributed by atoms with van der Waals surface area (Å²) in [5.41, 5.74) is 1.30. The Hall–Kier alpha value is -2.21. The van der Waals surface area contributed by atoms with E-state index >= 15 is 0 Å². The van der Waals surface area contributed by atoms with Gasteiger partial charge in [-0.3, -0.25) is 9.78 Å². The van der Waals surface area contributed by atoms with Gasteiger partial charge in [0.05, 0.1) is 5.56 Å². The Kier molecular flexibility index (Phi) is 4.47. The maximum absolute atomic E-state index is 11.9. The molecule has 0 aliphatic carbocycles. The van der Waals surface area contributed by atoms with Gasteiger partial charge in [-0.2, -0.15) is 0 Å². The average molecular weight is 292 g/mol. The van der Waals surface area contributed by atoms with Gasteiger partial charge in [-0.15, -0.1) is 0 Å². The second kappa shape index (κ2) is 6.29. The van der Waals surface area contributed by atoms with Crippen LogP contribution >= 0.6 is 11.6 Å². The molecule has 0 radical (unpaired) electrons. The maximum Gasteiger partial charge on any atom is 0.253 e. The van der Waals surface area contributed by atoms with Crippen molar-refractivity contribution in [2.24, 2.45) is 0 Å². The summed E-state index contributed by atoms with van der Waals surface area (Å²) in [5.74, 6) is 0.481. The summed E-state index contributed by atoms with van der Waals surface area (Å²) in [6.45, 7) is 0.318. The molecule has 0 atom stereocenters. The minimum absolute atomic E-state index is 0.177. The van der Waals surface area contributed by atoms with Crippen molar-refractivity contribution in [1.29, 1.82) is 0 Å². The lowest BCUT2D eigenvalue weighted by Gasteiger charge is -2.16. The molecule has 2 aromatic heterocycles. The smallest absolute Gasteiger partial charge is 0.253 e. The summed E-state index contributed by atoms with van der Waals surface area (Å²) in [4.78, 5) is 25.7. The van der Waals surface area contributed by atoms with E-state index in [0.29, 0.717) is 17.9 Å². The van der Waals surface area contributed by atoms with Crippen LogP contribution in [0.15, 0.2) is 30.7 Å². The van der Waals surface area contributed by atoms with E-state index in [1.807, 2.05) is 19.0 Å². The molecule has 0 fully saturated rings. The van der Waals surface area contributed by atoms with Gasteiger partial charge in [0, 0.05) is 44.8 Å². The van der Waals surface area contributed by atoms with E-state index in [1.165, 1.54) is 6.20 Å². The number of carbonyl (C=O) groups is 1. The van der Waals surface area contributed by atoms with Crippen LogP contribution in [0.1, 0.15) is 15.9 Å². The summed E-state index contributed by atoms with van der Waals surface area (Å²) < 4.78 is 0. The standard InChI is InChI=1S/C13H14ClN5O/c1-19(2)11-10(8-17-13(14)18-11)7-16-12(20)9-4-3-5-15-6-9/h3-6,8H,7H2,1-2H3,(H,16,20). The van der Waals surface area contributed by atoms with Crippen molar-refractivity contribution < 1.29 is 4.79 Å². The van der Waals surface area contributed by atoms with Crippen molar-refractivity contribution in [3.8, 4) is 0 Å². The highest BCUT2D eigenvalue weighted by Crippen LogP contribution is 2.16. The predicted molar refractivity (Wildman–Crippen MR) is 76.8 cm³/mol. The SMILES string of the molecule is CN(C)c1nc(Cl)ncc1CNC(=O)c1cccnc1. The van der Waals surface area contributed by atoms with Crippen molar-refractivity contribution in [1.82, 2.24) is 20.3 Å². The molecule has 1 N–H and O–H groups in total. The van der Waals surface area contributed by atoms with E-state index in [9.17, 15) is 4.79 Å². The van der Waals surface area contributed by atoms with Crippen LogP contribution in [-0.4, -0.2) is 35.0 Å². The zero-order valence-corrected chi connectivity index (χ0v) is 11.9. The highest BCUT2D eigenvalue weighted by molar-refractivity contribution is 6.28. The molecule has 2 rings (SSSR count). The van der Waals surface area contributed by atoms with E-state index in [1.54, 1.807) is 24.5 Å². The first-order valence-electron chi connectivity index (χ1n) is 5.95. The number of nitrogens with zero attached hydrogens (tertiary/aromatic N) is 4. The number of rotatable bonds is 4. The molecule has 0 saturated heterocycles. The summed E-state index contributed by atoms with van der Waals surface area (Å²) in [6, 6.07) is 3.42. The van der Waals surface area contributed by atoms with Crippen LogP contribution in [-0.2, 0) is 6.54 Å². The topological polar surface area (TPSA) is 71.0 Å². The first-order valence-corrected chi connectivity index (χ1v) is 6.32. The number of hydrogen-bond donors (Lipinski definition) is 1. The molecule has 0 aromatic carbocycles. The molecule has 0 aliphatic rings. The highest BCUT2D eigenvalue weighted by atomic mass is 35.5. The number of halogens is 1. The number of carbonyl (C=O) groups excluding carboxylic acids is 1. The van der Waals surface area contributed by atoms with E-state index in [2.05, 4.69) is 20.3 Å². The van der Waals surface area contributed by atoms with E-state index in [4.69, 9.17) is 11.6 Å². The van der Waals surface area contributed by atoms with Gasteiger partial charge < -0.3 is 10.2 Å². The number of anilines is 1. The Morgan fingerprint density at radius 2 is 2.20 bits per heavy atom. The number of amides is 1. The van der Waals surface area contributed by atoms with E-state index < -0.39 is 0 Å². The lowest BCUT2D eigenvalue weighted by molar-refractivity contribution is 0.0950. The molecule has 6 nitrogen and oxygen atoms in total. The van der Waals surface area contributed by atoms with Crippen molar-refractivity contribution in [2.75, 3.05) is 19.0 Å². The van der Waals surface area contributed by atoms with Gasteiger partial charge >= 0.3 is 0 Å². The molecular formula is C13H14ClN5O. The Morgan fingerprint density at radius 1 is 1.40 bits per heavy atom. The van der Waals surface area contributed by atoms with Crippen LogP contribution in [0.25, 0.3) is 0 Å². The van der Waals surface area contributed by atoms with Crippen LogP contribution in [0.5, 0.6) is 0 Å². The van der Waals surface area contributed by atoms with Gasteiger partial charge in [0.15, 0.2) is 0 Å². The first-order chi connectivity index (χ1) is 9.58. The van der Waals surface area contributed by atoms with Crippen LogP contribution in [0.2, 0.25) is 5.28 Å². The van der Waals surface area contributed by atoms with Crippen LogP contribution in [0.4, 0.5) is 5.82 Å². The first kappa shape index (κ1) is 14.2. The lowest BCUT2D eigenvalue weighted by Crippen LogP contribution is -2.25. The fourth-order valence-electron chi connectivity index (χ4n) is 1.66. The normalized spacial score (nSPS) is 10.2. The molecule has 7 heteroatoms. The summed E-state index contributed by atoms with van der Waals surface area (Å²) in [6.07, 6.45) is 4.74. The fraction of sp³-hybridized carbons (Fsp3) is 0.231. The molecule has 20 heavy (non-hydrogen) atoms. The van der Waals surface area contributed by atoms with Crippen LogP contribution in [0.3, 0.4) is 0 Å². The molecule has 0 saturated carbocycles. The fourth-order valence-corrected chi connectivity index (χ4v) is 1.79. The van der Waals surface area contributed by atoms with Crippen LogP contribution < -0.4 is 10.2 Å². The third kappa shape index (κ3) is 3.42. The third-order valence-corrected chi connectivity index (χ3v) is 2.78. The third-order valence-electron chi connectivity index (χ3n) is 2.60. The largest absolute Gasteiger partial charge is 0.362 e. The highest BCUT2D eigenvalue weighted by Gasteiger charge is 2.11. The zero-order chi connectivity index (χ0) is 14.5. The number of aromatic nitrogens is 3. The predicted octanol–water partition coefficient (Wildman–Crippen LogP) is 1.52. The van der Waals surface area contributed by atoms with Crippen molar-refractivity contribution >= 4 is 23.3 Å². The molecule has 0 spiro atoms. The van der Waals surface area contributed by atoms with Crippen molar-refractivity contribution in [3.05, 3.63) is 47.1 Å². The summed E-state index contributed by atoms with van der Waals surface area (Å²) in [5, 5.41) is 2.98. The molecule has 0 aliphatic heterocycles. The minimum Gasteiger partial charge on any atom is -0.362 e. The van der Waals surface area contributed by atoms with Crippen LogP contribution in [0, 0.1) is 0 Å². The zero-order valence-electron chi connectivity index (χ0n) is 11.2. The maximum atomic E-state index is 11.9. The number of nitrogens with one attached hydrogen (secondary N) is 1. The van der Waals surface area contributed by atoms with E-state index in [-0.39, 0.29) is 11.2 Å². The molecule has 0 unspecified atom stereocenters. The second-order valence-electron chi connectivity index (χ2n) is 4.31. The van der Waals surface area contributed by atoms with Gasteiger partial charge in [0.1, 0.15) is 5.82 Å². The van der Waals surface area contributed by atoms with Gasteiger partial charge in [-0.05, 0) is 23.7 Å². The minimum atomic E-state index is -0.197. The summed E-state index contributed by atoms with van der Waals surface area (Å²) >= 11 is 5.77. The molecule has 2 heterocycles. The number of pyridine rings is 1. The number of hydrogen-bond acceptors (Lipinski definition) is 5. The second-order valence-corrected chi connectivity index (χ2v) is 4.64. The quantitative estimate of drug-likeness (QED) is 0.865. The molecule has 104 valence electrons. The Bertz CT molecular complexity index is 603. The van der Waals surface area contributed by atoms with Gasteiger partial charge in [-0.25, -0.2) is 9.97 Å². The van der Waals surface area contributed by atoms with Crippen molar-refractivity contribution in [3.63, 3.8) is 0 Å². The molecule has 2 aromatic rings. The molecule has 1 amide bonds. The monoisotopic (exact) mass is 291 g/mol.